The summed E-state index contributed by atoms with van der Waals surface area (Å²) in [5, 5.41) is 1.38. The van der Waals surface area contributed by atoms with E-state index in [0.29, 0.717) is 52.3 Å². The number of ether oxygens (including phenoxy) is 1. The summed E-state index contributed by atoms with van der Waals surface area (Å²) >= 11 is 0. The van der Waals surface area contributed by atoms with Crippen LogP contribution in [0.2, 0.25) is 0 Å². The number of hydrogen-bond donors (Lipinski definition) is 2. The minimum atomic E-state index is -0.630. The van der Waals surface area contributed by atoms with Crippen molar-refractivity contribution in [2.75, 3.05) is 32.8 Å². The highest BCUT2D eigenvalue weighted by Crippen LogP contribution is 2.30. The van der Waals surface area contributed by atoms with E-state index in [1.807, 2.05) is 30.3 Å². The summed E-state index contributed by atoms with van der Waals surface area (Å²) in [5.74, 6) is -0.400. The van der Waals surface area contributed by atoms with E-state index in [4.69, 9.17) is 9.57 Å². The van der Waals surface area contributed by atoms with E-state index < -0.39 is 11.9 Å². The van der Waals surface area contributed by atoms with Gasteiger partial charge in [-0.15, -0.1) is 0 Å². The van der Waals surface area contributed by atoms with E-state index in [2.05, 4.69) is 10.9 Å². The molecule has 2 N–H and O–H groups in total. The topological polar surface area (TPSA) is 103 Å². The molecule has 0 saturated carbocycles. The van der Waals surface area contributed by atoms with Gasteiger partial charge >= 0.3 is 12.1 Å². The molecule has 3 saturated heterocycles. The standard InChI is InChI=1S/C19H25N5O5/c25-17(20-21-18(26)22-8-10-28-11-9-22)16-7-6-15-12-23(16)19(27)24(15)29-13-14-4-2-1-3-5-14/h1-5,15-16H,6-13H2,(H,20,25)(H,21,26)/t15-,16+/m1/s1. The number of carbonyl (C=O) groups excluding carboxylic acids is 3. The van der Waals surface area contributed by atoms with Crippen molar-refractivity contribution in [1.82, 2.24) is 25.7 Å². The third-order valence-corrected chi connectivity index (χ3v) is 5.43. The zero-order chi connectivity index (χ0) is 20.2. The number of urea groups is 2. The predicted molar refractivity (Wildman–Crippen MR) is 101 cm³/mol. The number of fused-ring (bicyclic) bond motifs is 2. The van der Waals surface area contributed by atoms with Crippen LogP contribution in [0.5, 0.6) is 0 Å². The third kappa shape index (κ3) is 4.28. The van der Waals surface area contributed by atoms with Crippen molar-refractivity contribution < 1.29 is 24.0 Å². The van der Waals surface area contributed by atoms with Crippen molar-refractivity contribution in [3.8, 4) is 0 Å². The molecule has 5 amide bonds. The van der Waals surface area contributed by atoms with Crippen molar-refractivity contribution in [3.63, 3.8) is 0 Å². The number of nitrogens with one attached hydrogen (secondary N) is 2. The SMILES string of the molecule is O=C(NNC(=O)N1CCOCC1)[C@@H]1CC[C@@H]2CN1C(=O)N2OCc1ccccc1. The first-order valence-electron chi connectivity index (χ1n) is 9.82. The molecule has 4 rings (SSSR count). The second-order valence-corrected chi connectivity index (χ2v) is 7.29. The van der Waals surface area contributed by atoms with Crippen LogP contribution in [0, 0.1) is 0 Å². The van der Waals surface area contributed by atoms with Gasteiger partial charge in [-0.1, -0.05) is 30.3 Å². The van der Waals surface area contributed by atoms with Gasteiger partial charge in [-0.25, -0.2) is 15.0 Å². The summed E-state index contributed by atoms with van der Waals surface area (Å²) in [6.07, 6.45) is 1.17. The van der Waals surface area contributed by atoms with Gasteiger partial charge < -0.3 is 14.5 Å². The molecule has 0 aliphatic carbocycles. The predicted octanol–water partition coefficient (Wildman–Crippen LogP) is 0.460. The first kappa shape index (κ1) is 19.5. The molecule has 2 bridgehead atoms. The molecule has 29 heavy (non-hydrogen) atoms. The average Bonchev–Trinajstić information content (AvgIpc) is 3.01. The second kappa shape index (κ2) is 8.66. The number of nitrogens with zero attached hydrogens (tertiary/aromatic N) is 3. The molecule has 3 aliphatic rings. The molecular weight excluding hydrogens is 378 g/mol. The molecular formula is C19H25N5O5. The van der Waals surface area contributed by atoms with Gasteiger partial charge in [0.2, 0.25) is 0 Å². The Kier molecular flexibility index (Phi) is 5.81. The van der Waals surface area contributed by atoms with Gasteiger partial charge in [-0.3, -0.25) is 15.1 Å². The Labute approximate surface area is 168 Å². The van der Waals surface area contributed by atoms with Crippen molar-refractivity contribution in [2.45, 2.75) is 31.5 Å². The Morgan fingerprint density at radius 3 is 2.62 bits per heavy atom. The number of hydrogen-bond acceptors (Lipinski definition) is 5. The Morgan fingerprint density at radius 2 is 1.86 bits per heavy atom. The minimum absolute atomic E-state index is 0.0711. The molecule has 10 nitrogen and oxygen atoms in total. The molecule has 0 unspecified atom stereocenters. The lowest BCUT2D eigenvalue weighted by Gasteiger charge is -2.30. The van der Waals surface area contributed by atoms with Crippen LogP contribution < -0.4 is 10.9 Å². The van der Waals surface area contributed by atoms with Crippen LogP contribution in [0.15, 0.2) is 30.3 Å². The van der Waals surface area contributed by atoms with Crippen LogP contribution in [0.4, 0.5) is 9.59 Å². The van der Waals surface area contributed by atoms with Gasteiger partial charge in [0.1, 0.15) is 12.6 Å². The minimum Gasteiger partial charge on any atom is -0.378 e. The zero-order valence-corrected chi connectivity index (χ0v) is 16.1. The fraction of sp³-hybridized carbons (Fsp3) is 0.526. The van der Waals surface area contributed by atoms with Gasteiger partial charge in [0.05, 0.1) is 19.3 Å². The molecule has 1 aromatic rings. The maximum absolute atomic E-state index is 12.7. The van der Waals surface area contributed by atoms with Crippen molar-refractivity contribution >= 4 is 18.0 Å². The first-order chi connectivity index (χ1) is 14.1. The van der Waals surface area contributed by atoms with E-state index in [0.717, 1.165) is 5.56 Å². The summed E-state index contributed by atoms with van der Waals surface area (Å²) in [4.78, 5) is 46.3. The molecule has 1 aromatic carbocycles. The Balaban J connectivity index is 1.29. The van der Waals surface area contributed by atoms with E-state index in [-0.39, 0.29) is 18.1 Å². The van der Waals surface area contributed by atoms with Gasteiger partial charge in [-0.2, -0.15) is 5.06 Å². The fourth-order valence-corrected chi connectivity index (χ4v) is 3.83. The van der Waals surface area contributed by atoms with Crippen molar-refractivity contribution in [2.24, 2.45) is 0 Å². The lowest BCUT2D eigenvalue weighted by Crippen LogP contribution is -2.57. The van der Waals surface area contributed by atoms with Gasteiger partial charge in [0.15, 0.2) is 0 Å². The third-order valence-electron chi connectivity index (χ3n) is 5.43. The van der Waals surface area contributed by atoms with Gasteiger partial charge in [-0.05, 0) is 18.4 Å². The summed E-state index contributed by atoms with van der Waals surface area (Å²) < 4.78 is 5.20. The van der Waals surface area contributed by atoms with Crippen LogP contribution in [0.3, 0.4) is 0 Å². The van der Waals surface area contributed by atoms with Crippen LogP contribution in [0.25, 0.3) is 0 Å². The monoisotopic (exact) mass is 403 g/mol. The van der Waals surface area contributed by atoms with Gasteiger partial charge in [0.25, 0.3) is 5.91 Å². The van der Waals surface area contributed by atoms with Gasteiger partial charge in [0, 0.05) is 19.6 Å². The molecule has 10 heteroatoms. The molecule has 3 heterocycles. The second-order valence-electron chi connectivity index (χ2n) is 7.29. The van der Waals surface area contributed by atoms with Crippen molar-refractivity contribution in [3.05, 3.63) is 35.9 Å². The zero-order valence-electron chi connectivity index (χ0n) is 16.1. The maximum atomic E-state index is 12.7. The van der Waals surface area contributed by atoms with Crippen LogP contribution in [-0.4, -0.2) is 77.8 Å². The Hall–Kier alpha value is -2.85. The maximum Gasteiger partial charge on any atom is 0.345 e. The number of amides is 5. The highest BCUT2D eigenvalue weighted by molar-refractivity contribution is 5.89. The lowest BCUT2D eigenvalue weighted by atomic mass is 10.0. The Morgan fingerprint density at radius 1 is 1.10 bits per heavy atom. The largest absolute Gasteiger partial charge is 0.378 e. The number of carbonyl (C=O) groups is 3. The smallest absolute Gasteiger partial charge is 0.345 e. The van der Waals surface area contributed by atoms with Crippen LogP contribution in [0.1, 0.15) is 18.4 Å². The quantitative estimate of drug-likeness (QED) is 0.711. The molecule has 156 valence electrons. The first-order valence-corrected chi connectivity index (χ1v) is 9.82. The summed E-state index contributed by atoms with van der Waals surface area (Å²) in [6.45, 7) is 2.64. The number of morpholine rings is 1. The van der Waals surface area contributed by atoms with E-state index in [1.165, 1.54) is 9.96 Å². The normalized spacial score (nSPS) is 23.9. The van der Waals surface area contributed by atoms with E-state index in [9.17, 15) is 14.4 Å². The molecule has 3 aliphatic heterocycles. The highest BCUT2D eigenvalue weighted by Gasteiger charge is 2.48. The molecule has 0 radical (unpaired) electrons. The number of piperidine rings is 1. The summed E-state index contributed by atoms with van der Waals surface area (Å²) in [7, 11) is 0. The molecule has 3 fully saturated rings. The number of rotatable bonds is 4. The van der Waals surface area contributed by atoms with Crippen molar-refractivity contribution in [1.29, 1.82) is 0 Å². The number of hydrazine groups is 1. The molecule has 0 spiro atoms. The molecule has 2 atom stereocenters. The van der Waals surface area contributed by atoms with E-state index >= 15 is 0 Å². The highest BCUT2D eigenvalue weighted by atomic mass is 16.7. The average molecular weight is 403 g/mol. The lowest BCUT2D eigenvalue weighted by molar-refractivity contribution is -0.140. The summed E-state index contributed by atoms with van der Waals surface area (Å²) in [5.41, 5.74) is 5.85. The van der Waals surface area contributed by atoms with Crippen LogP contribution >= 0.6 is 0 Å². The van der Waals surface area contributed by atoms with Crippen LogP contribution in [-0.2, 0) is 21.0 Å². The fourth-order valence-electron chi connectivity index (χ4n) is 3.83. The number of benzene rings is 1. The molecule has 0 aromatic heterocycles. The summed E-state index contributed by atoms with van der Waals surface area (Å²) in [6, 6.07) is 8.21. The van der Waals surface area contributed by atoms with E-state index in [1.54, 1.807) is 4.90 Å². The number of hydroxylamine groups is 2. The Bertz CT molecular complexity index is 755.